The molecule has 0 fully saturated rings. The van der Waals surface area contributed by atoms with Crippen LogP contribution in [0.3, 0.4) is 0 Å². The van der Waals surface area contributed by atoms with E-state index in [0.29, 0.717) is 13.1 Å². The van der Waals surface area contributed by atoms with Gasteiger partial charge in [-0.2, -0.15) is 0 Å². The van der Waals surface area contributed by atoms with Crippen LogP contribution in [0.2, 0.25) is 0 Å². The van der Waals surface area contributed by atoms with E-state index >= 15 is 0 Å². The highest BCUT2D eigenvalue weighted by Gasteiger charge is 2.23. The summed E-state index contributed by atoms with van der Waals surface area (Å²) in [5, 5.41) is 0. The van der Waals surface area contributed by atoms with Crippen LogP contribution in [0.4, 0.5) is 0 Å². The SMILES string of the molecule is COc1ccc(CN(C)C(=O)C(CN)C(C)C)cc1. The lowest BCUT2D eigenvalue weighted by Crippen LogP contribution is -2.38. The number of nitrogens with two attached hydrogens (primary N) is 1. The van der Waals surface area contributed by atoms with E-state index in [1.54, 1.807) is 12.0 Å². The molecule has 1 aromatic rings. The van der Waals surface area contributed by atoms with Crippen LogP contribution >= 0.6 is 0 Å². The Hall–Kier alpha value is -1.55. The van der Waals surface area contributed by atoms with Crippen molar-refractivity contribution in [3.63, 3.8) is 0 Å². The Morgan fingerprint density at radius 2 is 1.89 bits per heavy atom. The summed E-state index contributed by atoms with van der Waals surface area (Å²) in [6.07, 6.45) is 0. The normalized spacial score (nSPS) is 12.3. The average molecular weight is 264 g/mol. The van der Waals surface area contributed by atoms with Crippen LogP contribution in [0.25, 0.3) is 0 Å². The van der Waals surface area contributed by atoms with E-state index in [-0.39, 0.29) is 17.7 Å². The van der Waals surface area contributed by atoms with Gasteiger partial charge >= 0.3 is 0 Å². The van der Waals surface area contributed by atoms with Crippen molar-refractivity contribution >= 4 is 5.91 Å². The molecule has 0 aromatic heterocycles. The Morgan fingerprint density at radius 1 is 1.32 bits per heavy atom. The van der Waals surface area contributed by atoms with Gasteiger partial charge in [-0.3, -0.25) is 4.79 Å². The Labute approximate surface area is 115 Å². The summed E-state index contributed by atoms with van der Waals surface area (Å²) in [7, 11) is 3.46. The zero-order valence-corrected chi connectivity index (χ0v) is 12.2. The van der Waals surface area contributed by atoms with E-state index in [1.807, 2.05) is 45.2 Å². The molecule has 19 heavy (non-hydrogen) atoms. The Morgan fingerprint density at radius 3 is 2.32 bits per heavy atom. The smallest absolute Gasteiger partial charge is 0.227 e. The number of carbonyl (C=O) groups excluding carboxylic acids is 1. The number of amides is 1. The van der Waals surface area contributed by atoms with Crippen LogP contribution in [-0.2, 0) is 11.3 Å². The standard InChI is InChI=1S/C15H24N2O2/c1-11(2)14(9-16)15(18)17(3)10-12-5-7-13(19-4)8-6-12/h5-8,11,14H,9-10,16H2,1-4H3. The molecule has 1 rings (SSSR count). The molecule has 1 unspecified atom stereocenters. The Balaban J connectivity index is 2.67. The summed E-state index contributed by atoms with van der Waals surface area (Å²) >= 11 is 0. The van der Waals surface area contributed by atoms with Crippen LogP contribution in [0.5, 0.6) is 5.75 Å². The minimum absolute atomic E-state index is 0.105. The molecule has 4 heteroatoms. The molecule has 0 saturated carbocycles. The number of benzene rings is 1. The molecule has 0 aliphatic rings. The number of nitrogens with zero attached hydrogens (tertiary/aromatic N) is 1. The number of ether oxygens (including phenoxy) is 1. The molecule has 0 bridgehead atoms. The van der Waals surface area contributed by atoms with E-state index in [2.05, 4.69) is 0 Å². The van der Waals surface area contributed by atoms with Crippen molar-refractivity contribution < 1.29 is 9.53 Å². The molecule has 2 N–H and O–H groups in total. The third-order valence-corrected chi connectivity index (χ3v) is 3.33. The van der Waals surface area contributed by atoms with E-state index in [4.69, 9.17) is 10.5 Å². The zero-order chi connectivity index (χ0) is 14.4. The molecule has 0 saturated heterocycles. The molecule has 0 heterocycles. The van der Waals surface area contributed by atoms with Crippen LogP contribution in [0.15, 0.2) is 24.3 Å². The largest absolute Gasteiger partial charge is 0.497 e. The summed E-state index contributed by atoms with van der Waals surface area (Å²) in [5.41, 5.74) is 6.76. The fourth-order valence-corrected chi connectivity index (χ4v) is 2.02. The molecular formula is C15H24N2O2. The predicted octanol–water partition coefficient (Wildman–Crippen LogP) is 1.88. The van der Waals surface area contributed by atoms with Gasteiger partial charge in [0.15, 0.2) is 0 Å². The van der Waals surface area contributed by atoms with Crippen molar-refractivity contribution in [2.24, 2.45) is 17.6 Å². The van der Waals surface area contributed by atoms with Gasteiger partial charge < -0.3 is 15.4 Å². The first kappa shape index (κ1) is 15.5. The van der Waals surface area contributed by atoms with E-state index in [0.717, 1.165) is 11.3 Å². The molecule has 1 atom stereocenters. The number of methoxy groups -OCH3 is 1. The predicted molar refractivity (Wildman–Crippen MR) is 76.9 cm³/mol. The summed E-state index contributed by atoms with van der Waals surface area (Å²) in [5.74, 6) is 1.08. The van der Waals surface area contributed by atoms with Gasteiger partial charge in [-0.05, 0) is 23.6 Å². The Kier molecular flexibility index (Phi) is 5.83. The maximum Gasteiger partial charge on any atom is 0.227 e. The second-order valence-corrected chi connectivity index (χ2v) is 5.13. The molecule has 106 valence electrons. The first-order chi connectivity index (χ1) is 8.99. The van der Waals surface area contributed by atoms with Crippen LogP contribution in [0.1, 0.15) is 19.4 Å². The first-order valence-electron chi connectivity index (χ1n) is 6.57. The molecule has 0 radical (unpaired) electrons. The summed E-state index contributed by atoms with van der Waals surface area (Å²) in [6.45, 7) is 5.03. The maximum absolute atomic E-state index is 12.3. The van der Waals surface area contributed by atoms with Crippen LogP contribution in [-0.4, -0.2) is 31.5 Å². The second-order valence-electron chi connectivity index (χ2n) is 5.13. The number of carbonyl (C=O) groups is 1. The van der Waals surface area contributed by atoms with E-state index in [9.17, 15) is 4.79 Å². The van der Waals surface area contributed by atoms with Crippen molar-refractivity contribution in [3.05, 3.63) is 29.8 Å². The van der Waals surface area contributed by atoms with Gasteiger partial charge in [0.1, 0.15) is 5.75 Å². The van der Waals surface area contributed by atoms with Gasteiger partial charge in [0.05, 0.1) is 13.0 Å². The third kappa shape index (κ3) is 4.24. The molecule has 4 nitrogen and oxygen atoms in total. The first-order valence-corrected chi connectivity index (χ1v) is 6.57. The van der Waals surface area contributed by atoms with Crippen molar-refractivity contribution in [1.29, 1.82) is 0 Å². The van der Waals surface area contributed by atoms with Gasteiger partial charge in [-0.1, -0.05) is 26.0 Å². The summed E-state index contributed by atoms with van der Waals surface area (Å²) in [6, 6.07) is 7.73. The molecule has 0 spiro atoms. The number of rotatable bonds is 6. The van der Waals surface area contributed by atoms with Crippen molar-refractivity contribution in [1.82, 2.24) is 4.90 Å². The van der Waals surface area contributed by atoms with Gasteiger partial charge in [0.25, 0.3) is 0 Å². The van der Waals surface area contributed by atoms with E-state index in [1.165, 1.54) is 0 Å². The van der Waals surface area contributed by atoms with Gasteiger partial charge in [-0.15, -0.1) is 0 Å². The molecule has 0 aliphatic heterocycles. The zero-order valence-electron chi connectivity index (χ0n) is 12.2. The highest BCUT2D eigenvalue weighted by atomic mass is 16.5. The fraction of sp³-hybridized carbons (Fsp3) is 0.533. The highest BCUT2D eigenvalue weighted by Crippen LogP contribution is 2.16. The van der Waals surface area contributed by atoms with Gasteiger partial charge in [0, 0.05) is 20.1 Å². The monoisotopic (exact) mass is 264 g/mol. The van der Waals surface area contributed by atoms with Crippen molar-refractivity contribution in [3.8, 4) is 5.75 Å². The van der Waals surface area contributed by atoms with Gasteiger partial charge in [-0.25, -0.2) is 0 Å². The average Bonchev–Trinajstić information content (AvgIpc) is 2.39. The second kappa shape index (κ2) is 7.14. The third-order valence-electron chi connectivity index (χ3n) is 3.33. The summed E-state index contributed by atoms with van der Waals surface area (Å²) < 4.78 is 5.11. The van der Waals surface area contributed by atoms with Crippen molar-refractivity contribution in [2.75, 3.05) is 20.7 Å². The van der Waals surface area contributed by atoms with Crippen LogP contribution < -0.4 is 10.5 Å². The molecule has 1 aromatic carbocycles. The molecular weight excluding hydrogens is 240 g/mol. The highest BCUT2D eigenvalue weighted by molar-refractivity contribution is 5.79. The topological polar surface area (TPSA) is 55.6 Å². The number of hydrogen-bond acceptors (Lipinski definition) is 3. The summed E-state index contributed by atoms with van der Waals surface area (Å²) in [4.78, 5) is 14.0. The minimum atomic E-state index is -0.108. The van der Waals surface area contributed by atoms with Crippen LogP contribution in [0, 0.1) is 11.8 Å². The lowest BCUT2D eigenvalue weighted by Gasteiger charge is -2.25. The van der Waals surface area contributed by atoms with E-state index < -0.39 is 0 Å². The van der Waals surface area contributed by atoms with Gasteiger partial charge in [0.2, 0.25) is 5.91 Å². The minimum Gasteiger partial charge on any atom is -0.497 e. The number of hydrogen-bond donors (Lipinski definition) is 1. The van der Waals surface area contributed by atoms with Crippen molar-refractivity contribution in [2.45, 2.75) is 20.4 Å². The molecule has 1 amide bonds. The Bertz CT molecular complexity index is 401. The lowest BCUT2D eigenvalue weighted by molar-refractivity contribution is -0.135. The molecule has 0 aliphatic carbocycles. The maximum atomic E-state index is 12.3. The quantitative estimate of drug-likeness (QED) is 0.853. The lowest BCUT2D eigenvalue weighted by atomic mass is 9.94. The fourth-order valence-electron chi connectivity index (χ4n) is 2.02.